The molecular formula is C16H23NO4. The Labute approximate surface area is 125 Å². The third-order valence-electron chi connectivity index (χ3n) is 3.84. The molecule has 1 aliphatic rings. The zero-order chi connectivity index (χ0) is 15.1. The maximum absolute atomic E-state index is 11.9. The van der Waals surface area contributed by atoms with Gasteiger partial charge in [0.05, 0.1) is 7.11 Å². The number of benzene rings is 1. The van der Waals surface area contributed by atoms with Crippen molar-refractivity contribution in [2.75, 3.05) is 33.5 Å². The molecule has 1 fully saturated rings. The van der Waals surface area contributed by atoms with Gasteiger partial charge in [0, 0.05) is 19.8 Å². The number of para-hydroxylation sites is 2. The monoisotopic (exact) mass is 293 g/mol. The van der Waals surface area contributed by atoms with E-state index in [2.05, 4.69) is 12.2 Å². The molecule has 0 saturated carbocycles. The van der Waals surface area contributed by atoms with Crippen LogP contribution in [0.2, 0.25) is 0 Å². The molecule has 1 aliphatic heterocycles. The zero-order valence-corrected chi connectivity index (χ0v) is 12.7. The van der Waals surface area contributed by atoms with Gasteiger partial charge in [0.15, 0.2) is 18.1 Å². The molecule has 1 aromatic rings. The predicted molar refractivity (Wildman–Crippen MR) is 79.7 cm³/mol. The van der Waals surface area contributed by atoms with Crippen LogP contribution in [0.4, 0.5) is 0 Å². The van der Waals surface area contributed by atoms with Crippen molar-refractivity contribution in [2.24, 2.45) is 5.41 Å². The van der Waals surface area contributed by atoms with E-state index in [4.69, 9.17) is 14.2 Å². The van der Waals surface area contributed by atoms with Crippen molar-refractivity contribution in [2.45, 2.75) is 19.8 Å². The van der Waals surface area contributed by atoms with Crippen LogP contribution in [-0.2, 0) is 9.53 Å². The van der Waals surface area contributed by atoms with Crippen LogP contribution in [0, 0.1) is 5.41 Å². The van der Waals surface area contributed by atoms with Crippen molar-refractivity contribution in [3.63, 3.8) is 0 Å². The lowest BCUT2D eigenvalue weighted by Crippen LogP contribution is -2.41. The highest BCUT2D eigenvalue weighted by Gasteiger charge is 2.27. The largest absolute Gasteiger partial charge is 0.493 e. The number of rotatable bonds is 6. The van der Waals surface area contributed by atoms with Crippen LogP contribution in [0.15, 0.2) is 24.3 Å². The highest BCUT2D eigenvalue weighted by atomic mass is 16.5. The van der Waals surface area contributed by atoms with E-state index in [1.165, 1.54) is 0 Å². The third kappa shape index (κ3) is 4.63. The highest BCUT2D eigenvalue weighted by molar-refractivity contribution is 5.77. The Kier molecular flexibility index (Phi) is 5.44. The van der Waals surface area contributed by atoms with E-state index in [1.807, 2.05) is 12.1 Å². The van der Waals surface area contributed by atoms with E-state index in [-0.39, 0.29) is 17.9 Å². The molecule has 21 heavy (non-hydrogen) atoms. The lowest BCUT2D eigenvalue weighted by molar-refractivity contribution is -0.124. The van der Waals surface area contributed by atoms with Gasteiger partial charge in [-0.25, -0.2) is 0 Å². The Morgan fingerprint density at radius 2 is 1.95 bits per heavy atom. The molecule has 0 radical (unpaired) electrons. The van der Waals surface area contributed by atoms with Crippen molar-refractivity contribution >= 4 is 5.91 Å². The Hall–Kier alpha value is -1.75. The summed E-state index contributed by atoms with van der Waals surface area (Å²) in [5.41, 5.74) is 0.123. The number of ether oxygens (including phenoxy) is 3. The molecule has 1 aromatic carbocycles. The fraction of sp³-hybridized carbons (Fsp3) is 0.562. The van der Waals surface area contributed by atoms with Gasteiger partial charge in [0.25, 0.3) is 5.91 Å². The minimum absolute atomic E-state index is 0.00699. The molecule has 0 atom stereocenters. The summed E-state index contributed by atoms with van der Waals surface area (Å²) in [6.07, 6.45) is 1.95. The zero-order valence-electron chi connectivity index (χ0n) is 12.7. The van der Waals surface area contributed by atoms with Gasteiger partial charge >= 0.3 is 0 Å². The first-order valence-corrected chi connectivity index (χ1v) is 7.23. The van der Waals surface area contributed by atoms with Crippen molar-refractivity contribution in [1.82, 2.24) is 5.32 Å². The highest BCUT2D eigenvalue weighted by Crippen LogP contribution is 2.28. The van der Waals surface area contributed by atoms with Crippen LogP contribution in [-0.4, -0.2) is 39.4 Å². The van der Waals surface area contributed by atoms with Gasteiger partial charge in [0.1, 0.15) is 0 Å². The average molecular weight is 293 g/mol. The maximum Gasteiger partial charge on any atom is 0.257 e. The molecule has 5 heteroatoms. The topological polar surface area (TPSA) is 56.8 Å². The van der Waals surface area contributed by atoms with Crippen LogP contribution in [0.25, 0.3) is 0 Å². The number of carbonyl (C=O) groups is 1. The Morgan fingerprint density at radius 1 is 1.29 bits per heavy atom. The SMILES string of the molecule is COc1ccccc1OCC(=O)NCC1(C)CCOCC1. The molecule has 1 heterocycles. The molecule has 0 spiro atoms. The molecule has 5 nitrogen and oxygen atoms in total. The second-order valence-electron chi connectivity index (χ2n) is 5.64. The average Bonchev–Trinajstić information content (AvgIpc) is 2.52. The normalized spacial score (nSPS) is 17.0. The van der Waals surface area contributed by atoms with Crippen molar-refractivity contribution in [3.8, 4) is 11.5 Å². The second-order valence-corrected chi connectivity index (χ2v) is 5.64. The van der Waals surface area contributed by atoms with Crippen LogP contribution in [0.3, 0.4) is 0 Å². The molecule has 0 unspecified atom stereocenters. The predicted octanol–water partition coefficient (Wildman–Crippen LogP) is 2.01. The summed E-state index contributed by atoms with van der Waals surface area (Å²) in [6.45, 7) is 4.36. The van der Waals surface area contributed by atoms with E-state index in [0.717, 1.165) is 26.1 Å². The molecule has 0 aliphatic carbocycles. The van der Waals surface area contributed by atoms with E-state index < -0.39 is 0 Å². The minimum atomic E-state index is -0.117. The van der Waals surface area contributed by atoms with Gasteiger partial charge in [-0.3, -0.25) is 4.79 Å². The van der Waals surface area contributed by atoms with Crippen molar-refractivity contribution in [1.29, 1.82) is 0 Å². The molecule has 1 amide bonds. The van der Waals surface area contributed by atoms with E-state index in [9.17, 15) is 4.79 Å². The molecule has 1 saturated heterocycles. The fourth-order valence-corrected chi connectivity index (χ4v) is 2.29. The Morgan fingerprint density at radius 3 is 2.62 bits per heavy atom. The summed E-state index contributed by atoms with van der Waals surface area (Å²) in [5, 5.41) is 2.94. The smallest absolute Gasteiger partial charge is 0.257 e. The quantitative estimate of drug-likeness (QED) is 0.871. The third-order valence-corrected chi connectivity index (χ3v) is 3.84. The minimum Gasteiger partial charge on any atom is -0.493 e. The van der Waals surface area contributed by atoms with Gasteiger partial charge in [-0.1, -0.05) is 19.1 Å². The molecule has 0 aromatic heterocycles. The first-order valence-electron chi connectivity index (χ1n) is 7.23. The van der Waals surface area contributed by atoms with E-state index in [0.29, 0.717) is 18.0 Å². The molecule has 116 valence electrons. The van der Waals surface area contributed by atoms with E-state index >= 15 is 0 Å². The fourth-order valence-electron chi connectivity index (χ4n) is 2.29. The number of hydrogen-bond acceptors (Lipinski definition) is 4. The van der Waals surface area contributed by atoms with Crippen LogP contribution in [0.5, 0.6) is 11.5 Å². The van der Waals surface area contributed by atoms with Crippen LogP contribution < -0.4 is 14.8 Å². The number of nitrogens with one attached hydrogen (secondary N) is 1. The number of methoxy groups -OCH3 is 1. The summed E-state index contributed by atoms with van der Waals surface area (Å²) in [7, 11) is 1.58. The molecule has 1 N–H and O–H groups in total. The second kappa shape index (κ2) is 7.31. The number of carbonyl (C=O) groups excluding carboxylic acids is 1. The summed E-state index contributed by atoms with van der Waals surface area (Å²) in [5.74, 6) is 1.09. The summed E-state index contributed by atoms with van der Waals surface area (Å²) in [6, 6.07) is 7.29. The maximum atomic E-state index is 11.9. The summed E-state index contributed by atoms with van der Waals surface area (Å²) in [4.78, 5) is 11.9. The summed E-state index contributed by atoms with van der Waals surface area (Å²) >= 11 is 0. The first-order chi connectivity index (χ1) is 10.1. The van der Waals surface area contributed by atoms with Crippen molar-refractivity contribution < 1.29 is 19.0 Å². The standard InChI is InChI=1S/C16H23NO4/c1-16(7-9-20-10-8-16)12-17-15(18)11-21-14-6-4-3-5-13(14)19-2/h3-6H,7-12H2,1-2H3,(H,17,18). The molecule has 0 bridgehead atoms. The number of amides is 1. The van der Waals surface area contributed by atoms with Gasteiger partial charge < -0.3 is 19.5 Å². The Bertz CT molecular complexity index is 469. The number of hydrogen-bond donors (Lipinski definition) is 1. The molecular weight excluding hydrogens is 270 g/mol. The summed E-state index contributed by atoms with van der Waals surface area (Å²) < 4.78 is 16.0. The lowest BCUT2D eigenvalue weighted by atomic mass is 9.82. The lowest BCUT2D eigenvalue weighted by Gasteiger charge is -2.33. The first kappa shape index (κ1) is 15.6. The van der Waals surface area contributed by atoms with Crippen LogP contribution in [0.1, 0.15) is 19.8 Å². The Balaban J connectivity index is 1.77. The van der Waals surface area contributed by atoms with Gasteiger partial charge in [0.2, 0.25) is 0 Å². The molecule has 2 rings (SSSR count). The van der Waals surface area contributed by atoms with Crippen molar-refractivity contribution in [3.05, 3.63) is 24.3 Å². The van der Waals surface area contributed by atoms with Gasteiger partial charge in [-0.05, 0) is 30.4 Å². The van der Waals surface area contributed by atoms with Gasteiger partial charge in [-0.2, -0.15) is 0 Å². The van der Waals surface area contributed by atoms with E-state index in [1.54, 1.807) is 19.2 Å². The van der Waals surface area contributed by atoms with Crippen LogP contribution >= 0.6 is 0 Å². The van der Waals surface area contributed by atoms with Gasteiger partial charge in [-0.15, -0.1) is 0 Å².